The monoisotopic (exact) mass is 375 g/mol. The van der Waals surface area contributed by atoms with Gasteiger partial charge in [-0.25, -0.2) is 4.98 Å². The molecule has 0 aliphatic rings. The lowest BCUT2D eigenvalue weighted by Crippen LogP contribution is -2.23. The summed E-state index contributed by atoms with van der Waals surface area (Å²) < 4.78 is 5.55. The minimum absolute atomic E-state index is 0.154. The number of aryl methyl sites for hydroxylation is 2. The Hall–Kier alpha value is -3.67. The van der Waals surface area contributed by atoms with Gasteiger partial charge in [-0.2, -0.15) is 0 Å². The molecule has 0 radical (unpaired) electrons. The first-order valence-electron chi connectivity index (χ1n) is 8.84. The average Bonchev–Trinajstić information content (AvgIpc) is 2.70. The molecule has 1 heterocycles. The van der Waals surface area contributed by atoms with Crippen LogP contribution in [0.2, 0.25) is 0 Å². The van der Waals surface area contributed by atoms with Crippen LogP contribution in [0.25, 0.3) is 0 Å². The fourth-order valence-electron chi connectivity index (χ4n) is 2.55. The van der Waals surface area contributed by atoms with Crippen molar-refractivity contribution in [1.29, 1.82) is 0 Å². The van der Waals surface area contributed by atoms with E-state index in [-0.39, 0.29) is 18.4 Å². The maximum atomic E-state index is 12.5. The van der Waals surface area contributed by atoms with Crippen molar-refractivity contribution in [2.75, 3.05) is 17.2 Å². The number of aromatic nitrogens is 1. The zero-order chi connectivity index (χ0) is 19.9. The normalized spacial score (nSPS) is 10.2. The van der Waals surface area contributed by atoms with Gasteiger partial charge in [-0.05, 0) is 61.4 Å². The molecule has 142 valence electrons. The van der Waals surface area contributed by atoms with Crippen LogP contribution >= 0.6 is 0 Å². The van der Waals surface area contributed by atoms with Crippen molar-refractivity contribution in [2.45, 2.75) is 13.8 Å². The van der Waals surface area contributed by atoms with E-state index >= 15 is 0 Å². The summed E-state index contributed by atoms with van der Waals surface area (Å²) >= 11 is 0. The predicted octanol–water partition coefficient (Wildman–Crippen LogP) is 3.97. The number of hydrogen-bond acceptors (Lipinski definition) is 4. The molecule has 0 atom stereocenters. The second-order valence-corrected chi connectivity index (χ2v) is 6.30. The number of nitrogens with zero attached hydrogens (tertiary/aromatic N) is 1. The third kappa shape index (κ3) is 4.94. The molecule has 0 saturated heterocycles. The van der Waals surface area contributed by atoms with E-state index in [1.807, 2.05) is 32.0 Å². The summed E-state index contributed by atoms with van der Waals surface area (Å²) in [6, 6.07) is 17.7. The first-order valence-corrected chi connectivity index (χ1v) is 8.84. The Bertz CT molecular complexity index is 987. The van der Waals surface area contributed by atoms with Gasteiger partial charge in [-0.1, -0.05) is 24.3 Å². The van der Waals surface area contributed by atoms with Gasteiger partial charge < -0.3 is 15.4 Å². The van der Waals surface area contributed by atoms with Gasteiger partial charge in [-0.15, -0.1) is 0 Å². The van der Waals surface area contributed by atoms with Gasteiger partial charge in [0.2, 0.25) is 0 Å². The standard InChI is InChI=1S/C22H21N3O3/c1-15-10-11-17(13-16(15)2)28-14-21(26)24-19-8-4-3-7-18(19)22(27)25-20-9-5-6-12-23-20/h3-13H,14H2,1-2H3,(H,24,26)(H,23,25,27). The molecule has 0 unspecified atom stereocenters. The summed E-state index contributed by atoms with van der Waals surface area (Å²) in [5.74, 6) is 0.354. The van der Waals surface area contributed by atoms with Crippen molar-refractivity contribution >= 4 is 23.3 Å². The minimum atomic E-state index is -0.357. The van der Waals surface area contributed by atoms with Crippen LogP contribution in [-0.2, 0) is 4.79 Å². The van der Waals surface area contributed by atoms with Crippen molar-refractivity contribution in [3.05, 3.63) is 83.6 Å². The van der Waals surface area contributed by atoms with Crippen molar-refractivity contribution in [3.8, 4) is 5.75 Å². The van der Waals surface area contributed by atoms with Crippen molar-refractivity contribution in [3.63, 3.8) is 0 Å². The summed E-state index contributed by atoms with van der Waals surface area (Å²) in [5, 5.41) is 5.44. The summed E-state index contributed by atoms with van der Waals surface area (Å²) in [7, 11) is 0. The zero-order valence-electron chi connectivity index (χ0n) is 15.7. The lowest BCUT2D eigenvalue weighted by Gasteiger charge is -2.12. The Balaban J connectivity index is 1.64. The third-order valence-corrected chi connectivity index (χ3v) is 4.20. The molecule has 1 aromatic heterocycles. The number of hydrogen-bond donors (Lipinski definition) is 2. The second-order valence-electron chi connectivity index (χ2n) is 6.30. The number of ether oxygens (including phenoxy) is 1. The molecule has 0 spiro atoms. The number of pyridine rings is 1. The Morgan fingerprint density at radius 1 is 0.929 bits per heavy atom. The van der Waals surface area contributed by atoms with Gasteiger partial charge in [0.25, 0.3) is 11.8 Å². The smallest absolute Gasteiger partial charge is 0.262 e. The number of amides is 2. The molecular formula is C22H21N3O3. The molecule has 0 saturated carbocycles. The number of benzene rings is 2. The topological polar surface area (TPSA) is 80.3 Å². The quantitative estimate of drug-likeness (QED) is 0.683. The zero-order valence-corrected chi connectivity index (χ0v) is 15.7. The van der Waals surface area contributed by atoms with Crippen molar-refractivity contribution in [2.24, 2.45) is 0 Å². The molecule has 0 aliphatic heterocycles. The van der Waals surface area contributed by atoms with Gasteiger partial charge in [0.1, 0.15) is 11.6 Å². The molecule has 6 nitrogen and oxygen atoms in total. The molecule has 0 fully saturated rings. The van der Waals surface area contributed by atoms with E-state index in [0.717, 1.165) is 11.1 Å². The first kappa shape index (κ1) is 19.1. The predicted molar refractivity (Wildman–Crippen MR) is 109 cm³/mol. The molecule has 28 heavy (non-hydrogen) atoms. The fourth-order valence-corrected chi connectivity index (χ4v) is 2.55. The van der Waals surface area contributed by atoms with Crippen LogP contribution in [0.15, 0.2) is 66.9 Å². The third-order valence-electron chi connectivity index (χ3n) is 4.20. The fraction of sp³-hybridized carbons (Fsp3) is 0.136. The lowest BCUT2D eigenvalue weighted by molar-refractivity contribution is -0.118. The molecule has 3 aromatic rings. The van der Waals surface area contributed by atoms with E-state index in [1.165, 1.54) is 0 Å². The van der Waals surface area contributed by atoms with E-state index in [1.54, 1.807) is 48.7 Å². The molecule has 2 aromatic carbocycles. The van der Waals surface area contributed by atoms with Crippen molar-refractivity contribution < 1.29 is 14.3 Å². The number of carbonyl (C=O) groups is 2. The molecule has 0 aliphatic carbocycles. The number of anilines is 2. The highest BCUT2D eigenvalue weighted by molar-refractivity contribution is 6.09. The van der Waals surface area contributed by atoms with Crippen LogP contribution in [0, 0.1) is 13.8 Å². The van der Waals surface area contributed by atoms with Crippen LogP contribution in [0.3, 0.4) is 0 Å². The Labute approximate surface area is 163 Å². The van der Waals surface area contributed by atoms with E-state index in [0.29, 0.717) is 22.8 Å². The largest absolute Gasteiger partial charge is 0.484 e. The van der Waals surface area contributed by atoms with Gasteiger partial charge >= 0.3 is 0 Å². The van der Waals surface area contributed by atoms with Crippen LogP contribution in [-0.4, -0.2) is 23.4 Å². The van der Waals surface area contributed by atoms with Crippen LogP contribution in [0.5, 0.6) is 5.75 Å². The summed E-state index contributed by atoms with van der Waals surface area (Å²) in [4.78, 5) is 28.9. The highest BCUT2D eigenvalue weighted by Gasteiger charge is 2.14. The number of nitrogens with one attached hydrogen (secondary N) is 2. The van der Waals surface area contributed by atoms with E-state index < -0.39 is 0 Å². The summed E-state index contributed by atoms with van der Waals surface area (Å²) in [6.45, 7) is 3.84. The molecular weight excluding hydrogens is 354 g/mol. The Morgan fingerprint density at radius 3 is 2.46 bits per heavy atom. The molecule has 6 heteroatoms. The van der Waals surface area contributed by atoms with Crippen molar-refractivity contribution in [1.82, 2.24) is 4.98 Å². The maximum Gasteiger partial charge on any atom is 0.262 e. The number of carbonyl (C=O) groups excluding carboxylic acids is 2. The number of para-hydroxylation sites is 1. The van der Waals surface area contributed by atoms with Gasteiger partial charge in [0, 0.05) is 6.20 Å². The lowest BCUT2D eigenvalue weighted by atomic mass is 10.1. The van der Waals surface area contributed by atoms with Gasteiger partial charge in [-0.3, -0.25) is 9.59 Å². The molecule has 2 N–H and O–H groups in total. The van der Waals surface area contributed by atoms with Crippen LogP contribution in [0.1, 0.15) is 21.5 Å². The van der Waals surface area contributed by atoms with E-state index in [2.05, 4.69) is 15.6 Å². The van der Waals surface area contributed by atoms with Gasteiger partial charge in [0.15, 0.2) is 6.61 Å². The summed E-state index contributed by atoms with van der Waals surface area (Å²) in [6.07, 6.45) is 1.59. The first-order chi connectivity index (χ1) is 13.5. The second kappa shape index (κ2) is 8.81. The average molecular weight is 375 g/mol. The Kier molecular flexibility index (Phi) is 6.01. The SMILES string of the molecule is Cc1ccc(OCC(=O)Nc2ccccc2C(=O)Nc2ccccn2)cc1C. The van der Waals surface area contributed by atoms with E-state index in [9.17, 15) is 9.59 Å². The van der Waals surface area contributed by atoms with Gasteiger partial charge in [0.05, 0.1) is 11.3 Å². The van der Waals surface area contributed by atoms with Crippen LogP contribution in [0.4, 0.5) is 11.5 Å². The van der Waals surface area contributed by atoms with E-state index in [4.69, 9.17) is 4.74 Å². The Morgan fingerprint density at radius 2 is 1.71 bits per heavy atom. The molecule has 0 bridgehead atoms. The summed E-state index contributed by atoms with van der Waals surface area (Å²) in [5.41, 5.74) is 3.00. The molecule has 2 amide bonds. The molecule has 3 rings (SSSR count). The van der Waals surface area contributed by atoms with Crippen LogP contribution < -0.4 is 15.4 Å². The highest BCUT2D eigenvalue weighted by atomic mass is 16.5. The maximum absolute atomic E-state index is 12.5. The number of rotatable bonds is 6. The minimum Gasteiger partial charge on any atom is -0.484 e. The highest BCUT2D eigenvalue weighted by Crippen LogP contribution is 2.18.